The molecule has 46 heavy (non-hydrogen) atoms. The van der Waals surface area contributed by atoms with Gasteiger partial charge in [-0.25, -0.2) is 15.0 Å². The average Bonchev–Trinajstić information content (AvgIpc) is 3.44. The second kappa shape index (κ2) is 12.5. The fraction of sp³-hybridized carbons (Fsp3) is 0.697. The molecule has 0 spiro atoms. The highest BCUT2D eigenvalue weighted by atomic mass is 28.4. The molecule has 4 heterocycles. The second-order valence-corrected chi connectivity index (χ2v) is 31.6. The van der Waals surface area contributed by atoms with Crippen LogP contribution in [0.15, 0.2) is 30.9 Å². The van der Waals surface area contributed by atoms with E-state index in [4.69, 9.17) is 33.7 Å². The molecule has 4 rings (SSSR count). The van der Waals surface area contributed by atoms with E-state index in [9.17, 15) is 0 Å². The van der Waals surface area contributed by atoms with Crippen molar-refractivity contribution in [2.75, 3.05) is 12.3 Å². The Morgan fingerprint density at radius 1 is 0.783 bits per heavy atom. The first kappa shape index (κ1) is 36.8. The van der Waals surface area contributed by atoms with Crippen LogP contribution in [-0.2, 0) is 18.0 Å². The Labute approximate surface area is 279 Å². The molecule has 0 unspecified atom stereocenters. The van der Waals surface area contributed by atoms with Gasteiger partial charge in [0, 0.05) is 18.0 Å². The Morgan fingerprint density at radius 3 is 1.83 bits per heavy atom. The van der Waals surface area contributed by atoms with Crippen LogP contribution in [0.2, 0.25) is 54.4 Å². The highest BCUT2D eigenvalue weighted by Gasteiger charge is 2.55. The lowest BCUT2D eigenvalue weighted by Crippen LogP contribution is -2.54. The standard InChI is InChI=1S/C33H58N6O4Si3/c1-31(2,3)44(10,11)40-20-23-25(42-45(12,13)32(4,5)6)26(43-46(14,15)33(7,8)9)30(41-23)39-28(22-16-18-35-19-17-22)38-24-27(34)36-21-37-29(24)39/h16-19,21,23,25-26,30H,20H2,1-15H3,(H2,34,36,37)/t23-,25-,26-,30-/m1/s1. The van der Waals surface area contributed by atoms with E-state index in [1.807, 2.05) is 16.7 Å². The highest BCUT2D eigenvalue weighted by molar-refractivity contribution is 6.75. The Morgan fingerprint density at radius 2 is 1.30 bits per heavy atom. The summed E-state index contributed by atoms with van der Waals surface area (Å²) in [6, 6.07) is 3.86. The van der Waals surface area contributed by atoms with Crippen molar-refractivity contribution < 1.29 is 18.0 Å². The van der Waals surface area contributed by atoms with Gasteiger partial charge >= 0.3 is 0 Å². The SMILES string of the molecule is CC(C)(C)[Si](C)(C)OC[C@H]1O[C@@H](n2c(-c3ccncc3)nc3c(N)ncnc32)[C@H](O[Si](C)(C)C(C)(C)C)[C@@H]1O[Si](C)(C)C(C)(C)C. The number of hydrogen-bond acceptors (Lipinski definition) is 9. The van der Waals surface area contributed by atoms with Gasteiger partial charge in [-0.15, -0.1) is 0 Å². The van der Waals surface area contributed by atoms with Crippen LogP contribution in [0.4, 0.5) is 5.82 Å². The topological polar surface area (TPSA) is 119 Å². The number of fused-ring (bicyclic) bond motifs is 1. The number of pyridine rings is 1. The maximum absolute atomic E-state index is 7.40. The van der Waals surface area contributed by atoms with Crippen molar-refractivity contribution in [3.63, 3.8) is 0 Å². The van der Waals surface area contributed by atoms with Gasteiger partial charge in [-0.05, 0) is 66.5 Å². The third kappa shape index (κ3) is 7.20. The molecule has 0 amide bonds. The van der Waals surface area contributed by atoms with E-state index in [-0.39, 0.29) is 27.3 Å². The molecule has 1 fully saturated rings. The van der Waals surface area contributed by atoms with Crippen LogP contribution in [0.3, 0.4) is 0 Å². The molecule has 13 heteroatoms. The number of hydrogen-bond donors (Lipinski definition) is 1. The predicted molar refractivity (Wildman–Crippen MR) is 194 cm³/mol. The van der Waals surface area contributed by atoms with Crippen LogP contribution >= 0.6 is 0 Å². The Balaban J connectivity index is 1.96. The first-order valence-electron chi connectivity index (χ1n) is 16.4. The van der Waals surface area contributed by atoms with Crippen molar-refractivity contribution >= 4 is 41.9 Å². The van der Waals surface area contributed by atoms with Gasteiger partial charge in [0.1, 0.15) is 30.5 Å². The van der Waals surface area contributed by atoms with Crippen LogP contribution in [0.5, 0.6) is 0 Å². The van der Waals surface area contributed by atoms with Gasteiger partial charge in [0.25, 0.3) is 0 Å². The average molecular weight is 687 g/mol. The van der Waals surface area contributed by atoms with Crippen molar-refractivity contribution in [2.45, 2.75) is 141 Å². The van der Waals surface area contributed by atoms with E-state index in [2.05, 4.69) is 112 Å². The number of anilines is 1. The summed E-state index contributed by atoms with van der Waals surface area (Å²) in [6.07, 6.45) is 3.15. The van der Waals surface area contributed by atoms with Gasteiger partial charge in [0.05, 0.1) is 6.61 Å². The minimum Gasteiger partial charge on any atom is -0.414 e. The summed E-state index contributed by atoms with van der Waals surface area (Å²) in [5.41, 5.74) is 8.37. The van der Waals surface area contributed by atoms with Crippen LogP contribution in [0.1, 0.15) is 68.5 Å². The molecule has 1 saturated heterocycles. The van der Waals surface area contributed by atoms with Gasteiger partial charge in [-0.2, -0.15) is 0 Å². The monoisotopic (exact) mass is 686 g/mol. The van der Waals surface area contributed by atoms with Crippen LogP contribution in [0, 0.1) is 0 Å². The number of nitrogens with two attached hydrogens (primary N) is 1. The number of rotatable bonds is 9. The summed E-state index contributed by atoms with van der Waals surface area (Å²) in [7, 11) is -6.79. The summed E-state index contributed by atoms with van der Waals surface area (Å²) in [5.74, 6) is 0.973. The molecule has 3 aromatic heterocycles. The number of nitrogen functional groups attached to an aromatic ring is 1. The lowest BCUT2D eigenvalue weighted by Gasteiger charge is -2.44. The second-order valence-electron chi connectivity index (χ2n) is 17.3. The van der Waals surface area contributed by atoms with Crippen molar-refractivity contribution in [1.29, 1.82) is 0 Å². The Bertz CT molecular complexity index is 1510. The molecule has 0 bridgehead atoms. The first-order valence-corrected chi connectivity index (χ1v) is 25.1. The lowest BCUT2D eigenvalue weighted by atomic mass is 10.1. The predicted octanol–water partition coefficient (Wildman–Crippen LogP) is 8.17. The highest BCUT2D eigenvalue weighted by Crippen LogP contribution is 2.48. The van der Waals surface area contributed by atoms with Crippen molar-refractivity contribution in [2.24, 2.45) is 0 Å². The molecule has 0 saturated carbocycles. The zero-order valence-corrected chi connectivity index (χ0v) is 33.8. The molecule has 3 aromatic rings. The van der Waals surface area contributed by atoms with Crippen LogP contribution in [-0.4, -0.2) is 74.4 Å². The van der Waals surface area contributed by atoms with E-state index < -0.39 is 37.3 Å². The summed E-state index contributed by atoms with van der Waals surface area (Å²) < 4.78 is 30.8. The normalized spacial score (nSPS) is 22.2. The Hall–Kier alpha value is -2.01. The van der Waals surface area contributed by atoms with Crippen molar-refractivity contribution in [3.05, 3.63) is 30.9 Å². The fourth-order valence-electron chi connectivity index (χ4n) is 4.73. The minimum atomic E-state index is -2.36. The zero-order chi connectivity index (χ0) is 34.7. The number of imidazole rings is 1. The van der Waals surface area contributed by atoms with Crippen LogP contribution in [0.25, 0.3) is 22.6 Å². The van der Waals surface area contributed by atoms with Crippen LogP contribution < -0.4 is 5.73 Å². The van der Waals surface area contributed by atoms with Crippen molar-refractivity contribution in [3.8, 4) is 11.4 Å². The van der Waals surface area contributed by atoms with E-state index >= 15 is 0 Å². The number of nitrogens with zero attached hydrogens (tertiary/aromatic N) is 5. The maximum atomic E-state index is 7.40. The quantitative estimate of drug-likeness (QED) is 0.222. The Kier molecular flexibility index (Phi) is 9.98. The van der Waals surface area contributed by atoms with E-state index in [0.29, 0.717) is 29.4 Å². The molecule has 0 radical (unpaired) electrons. The first-order chi connectivity index (χ1) is 20.9. The fourth-order valence-corrected chi connectivity index (χ4v) is 8.35. The largest absolute Gasteiger partial charge is 0.414 e. The van der Waals surface area contributed by atoms with Gasteiger partial charge < -0.3 is 23.7 Å². The van der Waals surface area contributed by atoms with Gasteiger partial charge in [0.15, 0.2) is 48.2 Å². The summed E-state index contributed by atoms with van der Waals surface area (Å²) in [4.78, 5) is 18.2. The third-order valence-corrected chi connectivity index (χ3v) is 24.3. The molecular formula is C33H58N6O4Si3. The molecule has 256 valence electrons. The summed E-state index contributed by atoms with van der Waals surface area (Å²) in [6.45, 7) is 34.4. The number of ether oxygens (including phenoxy) is 1. The molecule has 1 aliphatic rings. The summed E-state index contributed by atoms with van der Waals surface area (Å²) >= 11 is 0. The van der Waals surface area contributed by atoms with Crippen molar-refractivity contribution in [1.82, 2.24) is 24.5 Å². The molecule has 2 N–H and O–H groups in total. The smallest absolute Gasteiger partial charge is 0.192 e. The maximum Gasteiger partial charge on any atom is 0.192 e. The summed E-state index contributed by atoms with van der Waals surface area (Å²) in [5, 5.41) is -0.0311. The third-order valence-electron chi connectivity index (χ3n) is 10.9. The molecular weight excluding hydrogens is 629 g/mol. The number of aromatic nitrogens is 5. The van der Waals surface area contributed by atoms with Gasteiger partial charge in [-0.3, -0.25) is 9.55 Å². The lowest BCUT2D eigenvalue weighted by molar-refractivity contribution is -0.0462. The molecule has 0 aromatic carbocycles. The zero-order valence-electron chi connectivity index (χ0n) is 30.8. The molecule has 0 aliphatic carbocycles. The molecule has 1 aliphatic heterocycles. The van der Waals surface area contributed by atoms with E-state index in [0.717, 1.165) is 5.56 Å². The minimum absolute atomic E-state index is 0.0248. The van der Waals surface area contributed by atoms with E-state index in [1.165, 1.54) is 6.33 Å². The van der Waals surface area contributed by atoms with E-state index in [1.54, 1.807) is 12.4 Å². The van der Waals surface area contributed by atoms with Gasteiger partial charge in [-0.1, -0.05) is 62.3 Å². The molecule has 10 nitrogen and oxygen atoms in total. The van der Waals surface area contributed by atoms with Gasteiger partial charge in [0.2, 0.25) is 0 Å². The molecule has 4 atom stereocenters.